The number of carbonyl (C=O) groups excluding carboxylic acids is 1. The van der Waals surface area contributed by atoms with Gasteiger partial charge in [-0.05, 0) is 35.7 Å². The molecule has 1 heterocycles. The van der Waals surface area contributed by atoms with Crippen molar-refractivity contribution >= 4 is 28.9 Å². The molecule has 2 aromatic carbocycles. The maximum atomic E-state index is 12.5. The van der Waals surface area contributed by atoms with Crippen molar-refractivity contribution in [2.45, 2.75) is 19.8 Å². The summed E-state index contributed by atoms with van der Waals surface area (Å²) in [6.45, 7) is 7.05. The molecule has 144 valence electrons. The summed E-state index contributed by atoms with van der Waals surface area (Å²) in [5.41, 5.74) is 2.72. The standard InChI is InChI=1S/C21H25ClN2O3/c1-15(2)17-5-3-4-6-20(17)27-14-21(25)23-18-13-16(22)7-8-19(18)24-9-11-26-12-10-24/h3-8,13,15H,9-12,14H2,1-2H3,(H,23,25). The molecule has 0 atom stereocenters. The Bertz CT molecular complexity index is 789. The highest BCUT2D eigenvalue weighted by Gasteiger charge is 2.17. The molecule has 1 amide bonds. The number of amides is 1. The first kappa shape index (κ1) is 19.5. The first-order valence-corrected chi connectivity index (χ1v) is 9.56. The van der Waals surface area contributed by atoms with E-state index in [1.807, 2.05) is 36.4 Å². The Morgan fingerprint density at radius 3 is 2.70 bits per heavy atom. The fourth-order valence-electron chi connectivity index (χ4n) is 3.11. The molecule has 1 aliphatic rings. The highest BCUT2D eigenvalue weighted by molar-refractivity contribution is 6.31. The van der Waals surface area contributed by atoms with Gasteiger partial charge < -0.3 is 19.7 Å². The summed E-state index contributed by atoms with van der Waals surface area (Å²) in [5, 5.41) is 3.51. The van der Waals surface area contributed by atoms with Crippen LogP contribution >= 0.6 is 11.6 Å². The van der Waals surface area contributed by atoms with E-state index in [-0.39, 0.29) is 12.5 Å². The van der Waals surface area contributed by atoms with Gasteiger partial charge in [-0.1, -0.05) is 43.6 Å². The van der Waals surface area contributed by atoms with E-state index in [0.717, 1.165) is 30.1 Å². The van der Waals surface area contributed by atoms with Crippen molar-refractivity contribution in [3.05, 3.63) is 53.1 Å². The number of anilines is 2. The van der Waals surface area contributed by atoms with Crippen LogP contribution < -0.4 is 15.0 Å². The van der Waals surface area contributed by atoms with Crippen molar-refractivity contribution < 1.29 is 14.3 Å². The predicted octanol–water partition coefficient (Wildman–Crippen LogP) is 4.32. The second-order valence-corrected chi connectivity index (χ2v) is 7.23. The smallest absolute Gasteiger partial charge is 0.262 e. The third-order valence-electron chi connectivity index (χ3n) is 4.48. The van der Waals surface area contributed by atoms with Gasteiger partial charge in [0.1, 0.15) is 5.75 Å². The Morgan fingerprint density at radius 1 is 1.22 bits per heavy atom. The quantitative estimate of drug-likeness (QED) is 0.800. The lowest BCUT2D eigenvalue weighted by Gasteiger charge is -2.30. The molecular formula is C21H25ClN2O3. The average Bonchev–Trinajstić information content (AvgIpc) is 2.67. The lowest BCUT2D eigenvalue weighted by Crippen LogP contribution is -2.37. The zero-order valence-electron chi connectivity index (χ0n) is 15.7. The molecule has 1 N–H and O–H groups in total. The van der Waals surface area contributed by atoms with Crippen molar-refractivity contribution in [1.82, 2.24) is 0 Å². The van der Waals surface area contributed by atoms with E-state index in [1.165, 1.54) is 0 Å². The summed E-state index contributed by atoms with van der Waals surface area (Å²) in [5.74, 6) is 0.845. The number of ether oxygens (including phenoxy) is 2. The first-order valence-electron chi connectivity index (χ1n) is 9.18. The van der Waals surface area contributed by atoms with Crippen LogP contribution in [0.3, 0.4) is 0 Å². The number of para-hydroxylation sites is 1. The van der Waals surface area contributed by atoms with Gasteiger partial charge in [-0.15, -0.1) is 0 Å². The van der Waals surface area contributed by atoms with Gasteiger partial charge in [0.15, 0.2) is 6.61 Å². The van der Waals surface area contributed by atoms with Crippen molar-refractivity contribution in [2.75, 3.05) is 43.1 Å². The number of nitrogens with zero attached hydrogens (tertiary/aromatic N) is 1. The maximum Gasteiger partial charge on any atom is 0.262 e. The van der Waals surface area contributed by atoms with Crippen LogP contribution in [-0.2, 0) is 9.53 Å². The highest BCUT2D eigenvalue weighted by Crippen LogP contribution is 2.30. The van der Waals surface area contributed by atoms with E-state index in [1.54, 1.807) is 6.07 Å². The minimum Gasteiger partial charge on any atom is -0.483 e. The van der Waals surface area contributed by atoms with Crippen LogP contribution in [0.1, 0.15) is 25.3 Å². The number of morpholine rings is 1. The molecule has 27 heavy (non-hydrogen) atoms. The van der Waals surface area contributed by atoms with Crippen LogP contribution in [0.25, 0.3) is 0 Å². The van der Waals surface area contributed by atoms with Crippen molar-refractivity contribution in [2.24, 2.45) is 0 Å². The number of halogens is 1. The summed E-state index contributed by atoms with van der Waals surface area (Å²) in [6.07, 6.45) is 0. The molecule has 3 rings (SSSR count). The maximum absolute atomic E-state index is 12.5. The largest absolute Gasteiger partial charge is 0.483 e. The molecule has 0 radical (unpaired) electrons. The summed E-state index contributed by atoms with van der Waals surface area (Å²) < 4.78 is 11.2. The molecule has 5 nitrogen and oxygen atoms in total. The zero-order chi connectivity index (χ0) is 19.2. The molecule has 0 unspecified atom stereocenters. The molecule has 1 aliphatic heterocycles. The predicted molar refractivity (Wildman–Crippen MR) is 109 cm³/mol. The average molecular weight is 389 g/mol. The monoisotopic (exact) mass is 388 g/mol. The number of hydrogen-bond acceptors (Lipinski definition) is 4. The molecule has 1 fully saturated rings. The Hall–Kier alpha value is -2.24. The number of rotatable bonds is 6. The SMILES string of the molecule is CC(C)c1ccccc1OCC(=O)Nc1cc(Cl)ccc1N1CCOCC1. The van der Waals surface area contributed by atoms with Crippen LogP contribution in [0.2, 0.25) is 5.02 Å². The Balaban J connectivity index is 1.68. The van der Waals surface area contributed by atoms with E-state index < -0.39 is 0 Å². The van der Waals surface area contributed by atoms with E-state index in [4.69, 9.17) is 21.1 Å². The minimum atomic E-state index is -0.217. The first-order chi connectivity index (χ1) is 13.0. The minimum absolute atomic E-state index is 0.0567. The lowest BCUT2D eigenvalue weighted by atomic mass is 10.0. The third-order valence-corrected chi connectivity index (χ3v) is 4.72. The number of hydrogen-bond donors (Lipinski definition) is 1. The van der Waals surface area contributed by atoms with Gasteiger partial charge in [-0.25, -0.2) is 0 Å². The lowest BCUT2D eigenvalue weighted by molar-refractivity contribution is -0.118. The molecule has 0 bridgehead atoms. The van der Waals surface area contributed by atoms with Gasteiger partial charge in [0, 0.05) is 18.1 Å². The molecule has 0 saturated carbocycles. The van der Waals surface area contributed by atoms with Gasteiger partial charge >= 0.3 is 0 Å². The number of carbonyl (C=O) groups is 1. The second-order valence-electron chi connectivity index (χ2n) is 6.79. The topological polar surface area (TPSA) is 50.8 Å². The van der Waals surface area contributed by atoms with Crippen LogP contribution in [0.15, 0.2) is 42.5 Å². The molecule has 2 aromatic rings. The molecule has 0 spiro atoms. The highest BCUT2D eigenvalue weighted by atomic mass is 35.5. The van der Waals surface area contributed by atoms with Crippen LogP contribution in [0, 0.1) is 0 Å². The fourth-order valence-corrected chi connectivity index (χ4v) is 3.28. The van der Waals surface area contributed by atoms with Crippen LogP contribution in [-0.4, -0.2) is 38.8 Å². The van der Waals surface area contributed by atoms with Gasteiger partial charge in [-0.3, -0.25) is 4.79 Å². The van der Waals surface area contributed by atoms with Gasteiger partial charge in [-0.2, -0.15) is 0 Å². The van der Waals surface area contributed by atoms with E-state index in [0.29, 0.717) is 29.8 Å². The summed E-state index contributed by atoms with van der Waals surface area (Å²) in [6, 6.07) is 13.3. The second kappa shape index (κ2) is 9.11. The normalized spacial score (nSPS) is 14.3. The van der Waals surface area contributed by atoms with Crippen LogP contribution in [0.5, 0.6) is 5.75 Å². The Kier molecular flexibility index (Phi) is 6.58. The van der Waals surface area contributed by atoms with E-state index in [2.05, 4.69) is 24.1 Å². The zero-order valence-corrected chi connectivity index (χ0v) is 16.5. The van der Waals surface area contributed by atoms with Crippen molar-refractivity contribution in [3.8, 4) is 5.75 Å². The Labute approximate surface area is 165 Å². The molecule has 0 aliphatic carbocycles. The van der Waals surface area contributed by atoms with E-state index >= 15 is 0 Å². The van der Waals surface area contributed by atoms with Crippen molar-refractivity contribution in [3.63, 3.8) is 0 Å². The third kappa shape index (κ3) is 5.15. The Morgan fingerprint density at radius 2 is 1.96 bits per heavy atom. The molecule has 1 saturated heterocycles. The summed E-state index contributed by atoms with van der Waals surface area (Å²) in [4.78, 5) is 14.7. The number of nitrogens with one attached hydrogen (secondary N) is 1. The number of benzene rings is 2. The summed E-state index contributed by atoms with van der Waals surface area (Å²) >= 11 is 6.14. The molecular weight excluding hydrogens is 364 g/mol. The van der Waals surface area contributed by atoms with Gasteiger partial charge in [0.25, 0.3) is 5.91 Å². The van der Waals surface area contributed by atoms with Crippen LogP contribution in [0.4, 0.5) is 11.4 Å². The van der Waals surface area contributed by atoms with Gasteiger partial charge in [0.05, 0.1) is 24.6 Å². The fraction of sp³-hybridized carbons (Fsp3) is 0.381. The molecule has 6 heteroatoms. The van der Waals surface area contributed by atoms with Gasteiger partial charge in [0.2, 0.25) is 0 Å². The molecule has 0 aromatic heterocycles. The van der Waals surface area contributed by atoms with E-state index in [9.17, 15) is 4.79 Å². The van der Waals surface area contributed by atoms with Crippen molar-refractivity contribution in [1.29, 1.82) is 0 Å². The summed E-state index contributed by atoms with van der Waals surface area (Å²) in [7, 11) is 0.